The largest absolute Gasteiger partial charge is 0.384 e. The van der Waals surface area contributed by atoms with Crippen molar-refractivity contribution in [2.24, 2.45) is 5.92 Å². The van der Waals surface area contributed by atoms with Crippen LogP contribution in [0.5, 0.6) is 0 Å². The van der Waals surface area contributed by atoms with E-state index in [1.165, 1.54) is 0 Å². The molecular weight excluding hydrogens is 256 g/mol. The zero-order valence-electron chi connectivity index (χ0n) is 10.9. The monoisotopic (exact) mass is 278 g/mol. The molecule has 0 aliphatic carbocycles. The number of amides is 1. The van der Waals surface area contributed by atoms with Gasteiger partial charge in [0.05, 0.1) is 6.61 Å². The molecule has 0 spiro atoms. The van der Waals surface area contributed by atoms with E-state index in [1.807, 2.05) is 4.90 Å². The number of morpholine rings is 1. The quantitative estimate of drug-likeness (QED) is 0.806. The number of hydrogen-bond donors (Lipinski definition) is 1. The van der Waals surface area contributed by atoms with E-state index in [4.69, 9.17) is 9.47 Å². The maximum Gasteiger partial charge on any atom is 0.253 e. The summed E-state index contributed by atoms with van der Waals surface area (Å²) in [6, 6.07) is 0. The second-order valence-corrected chi connectivity index (χ2v) is 4.79. The highest BCUT2D eigenvalue weighted by Gasteiger charge is 2.29. The first-order valence-electron chi connectivity index (χ1n) is 6.41. The van der Waals surface area contributed by atoms with Crippen LogP contribution in [0.4, 0.5) is 0 Å². The topological polar surface area (TPSA) is 50.8 Å². The summed E-state index contributed by atoms with van der Waals surface area (Å²) in [5.41, 5.74) is 0. The van der Waals surface area contributed by atoms with E-state index in [1.54, 1.807) is 7.11 Å². The van der Waals surface area contributed by atoms with Crippen LogP contribution in [0.25, 0.3) is 0 Å². The number of hydrogen-bond acceptors (Lipinski definition) is 4. The third-order valence-corrected chi connectivity index (χ3v) is 3.53. The molecule has 18 heavy (non-hydrogen) atoms. The molecule has 5 nitrogen and oxygen atoms in total. The van der Waals surface area contributed by atoms with Gasteiger partial charge in [-0.2, -0.15) is 0 Å². The van der Waals surface area contributed by atoms with Crippen molar-refractivity contribution in [3.05, 3.63) is 0 Å². The van der Waals surface area contributed by atoms with Crippen molar-refractivity contribution in [3.63, 3.8) is 0 Å². The van der Waals surface area contributed by atoms with Crippen molar-refractivity contribution in [1.82, 2.24) is 10.2 Å². The Morgan fingerprint density at radius 2 is 2.17 bits per heavy atom. The van der Waals surface area contributed by atoms with Crippen LogP contribution < -0.4 is 5.32 Å². The molecule has 1 N–H and O–H groups in total. The molecule has 1 unspecified atom stereocenters. The van der Waals surface area contributed by atoms with Gasteiger partial charge in [0, 0.05) is 39.9 Å². The van der Waals surface area contributed by atoms with Crippen molar-refractivity contribution < 1.29 is 14.3 Å². The van der Waals surface area contributed by atoms with Crippen LogP contribution in [0.1, 0.15) is 12.8 Å². The molecule has 0 aromatic rings. The molecule has 0 bridgehead atoms. The van der Waals surface area contributed by atoms with Crippen molar-refractivity contribution >= 4 is 18.3 Å². The third kappa shape index (κ3) is 4.09. The second kappa shape index (κ2) is 7.94. The SMILES string of the molecule is COCC1CCN(C(=O)C2CNCCO2)CC1.Cl. The Balaban J connectivity index is 0.00000162. The van der Waals surface area contributed by atoms with Gasteiger partial charge in [-0.1, -0.05) is 0 Å². The van der Waals surface area contributed by atoms with Crippen molar-refractivity contribution in [3.8, 4) is 0 Å². The summed E-state index contributed by atoms with van der Waals surface area (Å²) in [4.78, 5) is 14.1. The maximum absolute atomic E-state index is 12.1. The van der Waals surface area contributed by atoms with Gasteiger partial charge in [-0.3, -0.25) is 4.79 Å². The van der Waals surface area contributed by atoms with Gasteiger partial charge in [-0.25, -0.2) is 0 Å². The summed E-state index contributed by atoms with van der Waals surface area (Å²) in [5, 5.41) is 3.19. The van der Waals surface area contributed by atoms with Gasteiger partial charge < -0.3 is 19.7 Å². The lowest BCUT2D eigenvalue weighted by Crippen LogP contribution is -2.51. The fourth-order valence-electron chi connectivity index (χ4n) is 2.48. The number of halogens is 1. The van der Waals surface area contributed by atoms with Crippen LogP contribution in [-0.2, 0) is 14.3 Å². The summed E-state index contributed by atoms with van der Waals surface area (Å²) >= 11 is 0. The average molecular weight is 279 g/mol. The molecule has 0 saturated carbocycles. The Morgan fingerprint density at radius 3 is 2.72 bits per heavy atom. The highest BCUT2D eigenvalue weighted by atomic mass is 35.5. The molecule has 2 rings (SSSR count). The van der Waals surface area contributed by atoms with Crippen LogP contribution >= 0.6 is 12.4 Å². The number of rotatable bonds is 3. The van der Waals surface area contributed by atoms with E-state index in [0.717, 1.165) is 39.1 Å². The Labute approximate surface area is 115 Å². The first-order valence-corrected chi connectivity index (χ1v) is 6.41. The minimum absolute atomic E-state index is 0. The van der Waals surface area contributed by atoms with Gasteiger partial charge >= 0.3 is 0 Å². The molecule has 2 aliphatic heterocycles. The molecule has 0 aromatic carbocycles. The normalized spacial score (nSPS) is 25.6. The van der Waals surface area contributed by atoms with Gasteiger partial charge in [0.15, 0.2) is 0 Å². The highest BCUT2D eigenvalue weighted by Crippen LogP contribution is 2.18. The van der Waals surface area contributed by atoms with E-state index in [0.29, 0.717) is 19.1 Å². The Morgan fingerprint density at radius 1 is 1.44 bits per heavy atom. The molecule has 1 atom stereocenters. The standard InChI is InChI=1S/C12H22N2O3.ClH/c1-16-9-10-2-5-14(6-3-10)12(15)11-8-13-4-7-17-11;/h10-11,13H,2-9H2,1H3;1H. The Hall–Kier alpha value is -0.360. The lowest BCUT2D eigenvalue weighted by atomic mass is 9.97. The van der Waals surface area contributed by atoms with E-state index in [9.17, 15) is 4.79 Å². The van der Waals surface area contributed by atoms with Crippen molar-refractivity contribution in [2.75, 3.05) is 46.5 Å². The molecular formula is C12H23ClN2O3. The number of nitrogens with zero attached hydrogens (tertiary/aromatic N) is 1. The first kappa shape index (κ1) is 15.7. The highest BCUT2D eigenvalue weighted by molar-refractivity contribution is 5.85. The molecule has 0 radical (unpaired) electrons. The predicted octanol–water partition coefficient (Wildman–Crippen LogP) is 0.282. The molecule has 2 aliphatic rings. The molecule has 6 heteroatoms. The fourth-order valence-corrected chi connectivity index (χ4v) is 2.48. The smallest absolute Gasteiger partial charge is 0.253 e. The van der Waals surface area contributed by atoms with Crippen LogP contribution in [0.2, 0.25) is 0 Å². The molecule has 2 saturated heterocycles. The van der Waals surface area contributed by atoms with E-state index >= 15 is 0 Å². The summed E-state index contributed by atoms with van der Waals surface area (Å²) in [5.74, 6) is 0.752. The summed E-state index contributed by atoms with van der Waals surface area (Å²) in [6.45, 7) is 4.62. The lowest BCUT2D eigenvalue weighted by Gasteiger charge is -2.35. The number of methoxy groups -OCH3 is 1. The zero-order chi connectivity index (χ0) is 12.1. The lowest BCUT2D eigenvalue weighted by molar-refractivity contribution is -0.146. The van der Waals surface area contributed by atoms with E-state index in [-0.39, 0.29) is 24.4 Å². The number of piperidine rings is 1. The first-order chi connectivity index (χ1) is 8.31. The minimum Gasteiger partial charge on any atom is -0.384 e. The van der Waals surface area contributed by atoms with Gasteiger partial charge in [-0.15, -0.1) is 12.4 Å². The molecule has 2 fully saturated rings. The summed E-state index contributed by atoms with van der Waals surface area (Å²) in [7, 11) is 1.74. The molecule has 1 amide bonds. The van der Waals surface area contributed by atoms with Gasteiger partial charge in [0.25, 0.3) is 5.91 Å². The Bertz CT molecular complexity index is 252. The predicted molar refractivity (Wildman–Crippen MR) is 71.0 cm³/mol. The number of nitrogens with one attached hydrogen (secondary N) is 1. The van der Waals surface area contributed by atoms with Crippen LogP contribution in [0.3, 0.4) is 0 Å². The zero-order valence-corrected chi connectivity index (χ0v) is 11.7. The summed E-state index contributed by atoms with van der Waals surface area (Å²) < 4.78 is 10.6. The third-order valence-electron chi connectivity index (χ3n) is 3.53. The van der Waals surface area contributed by atoms with Crippen LogP contribution in [-0.4, -0.2) is 63.4 Å². The number of ether oxygens (including phenoxy) is 2. The van der Waals surface area contributed by atoms with E-state index in [2.05, 4.69) is 5.32 Å². The van der Waals surface area contributed by atoms with Crippen molar-refractivity contribution in [2.45, 2.75) is 18.9 Å². The van der Waals surface area contributed by atoms with E-state index < -0.39 is 0 Å². The van der Waals surface area contributed by atoms with Crippen molar-refractivity contribution in [1.29, 1.82) is 0 Å². The fraction of sp³-hybridized carbons (Fsp3) is 0.917. The number of carbonyl (C=O) groups is 1. The molecule has 0 aromatic heterocycles. The van der Waals surface area contributed by atoms with Gasteiger partial charge in [-0.05, 0) is 18.8 Å². The minimum atomic E-state index is -0.275. The summed E-state index contributed by atoms with van der Waals surface area (Å²) in [6.07, 6.45) is 1.81. The Kier molecular flexibility index (Phi) is 6.92. The van der Waals surface area contributed by atoms with Gasteiger partial charge in [0.1, 0.15) is 6.10 Å². The average Bonchev–Trinajstić information content (AvgIpc) is 2.40. The van der Waals surface area contributed by atoms with Gasteiger partial charge in [0.2, 0.25) is 0 Å². The maximum atomic E-state index is 12.1. The van der Waals surface area contributed by atoms with Crippen LogP contribution in [0, 0.1) is 5.92 Å². The number of carbonyl (C=O) groups excluding carboxylic acids is 1. The number of likely N-dealkylation sites (tertiary alicyclic amines) is 1. The molecule has 106 valence electrons. The van der Waals surface area contributed by atoms with Crippen LogP contribution in [0.15, 0.2) is 0 Å². The molecule has 2 heterocycles. The second-order valence-electron chi connectivity index (χ2n) is 4.79.